The lowest BCUT2D eigenvalue weighted by Gasteiger charge is -1.93. The van der Waals surface area contributed by atoms with E-state index >= 15 is 0 Å². The summed E-state index contributed by atoms with van der Waals surface area (Å²) in [5.74, 6) is 0. The van der Waals surface area contributed by atoms with Gasteiger partial charge >= 0.3 is 0 Å². The molecule has 39 valence electrons. The molecule has 0 unspecified atom stereocenters. The molecule has 1 rings (SSSR count). The van der Waals surface area contributed by atoms with Gasteiger partial charge in [-0.3, -0.25) is 0 Å². The molecule has 7 heavy (non-hydrogen) atoms. The molecule has 0 aromatic carbocycles. The maximum absolute atomic E-state index is 4.83. The minimum Gasteiger partial charge on any atom is -0.301 e. The topological polar surface area (TPSA) is 21.3 Å². The van der Waals surface area contributed by atoms with Crippen LogP contribution >= 0.6 is 0 Å². The van der Waals surface area contributed by atoms with Crippen molar-refractivity contribution in [3.63, 3.8) is 0 Å². The van der Waals surface area contributed by atoms with Gasteiger partial charge in [-0.15, -0.1) is 0 Å². The molecule has 0 bridgehead atoms. The summed E-state index contributed by atoms with van der Waals surface area (Å²) < 4.78 is 0. The Morgan fingerprint density at radius 2 is 2.57 bits per heavy atom. The fourth-order valence-corrected chi connectivity index (χ4v) is 0.438. The first-order valence-electron chi connectivity index (χ1n) is 2.36. The Kier molecular flexibility index (Phi) is 1.90. The zero-order chi connectivity index (χ0) is 4.95. The fraction of sp³-hybridized carbons (Fsp3) is 0.400. The molecule has 2 heteroatoms. The molecule has 0 aromatic rings. The summed E-state index contributed by atoms with van der Waals surface area (Å²) in [7, 11) is 0. The molecule has 0 amide bonds. The van der Waals surface area contributed by atoms with E-state index in [9.17, 15) is 0 Å². The second kappa shape index (κ2) is 2.77. The monoisotopic (exact) mass is 98.1 g/mol. The Balaban J connectivity index is 2.20. The van der Waals surface area contributed by atoms with E-state index in [0.717, 1.165) is 13.0 Å². The van der Waals surface area contributed by atoms with E-state index in [1.54, 1.807) is 6.54 Å². The van der Waals surface area contributed by atoms with E-state index in [2.05, 4.69) is 11.6 Å². The second-order valence-electron chi connectivity index (χ2n) is 1.35. The van der Waals surface area contributed by atoms with Gasteiger partial charge in [0.15, 0.2) is 0 Å². The van der Waals surface area contributed by atoms with Gasteiger partial charge in [0.25, 0.3) is 0 Å². The van der Waals surface area contributed by atoms with E-state index in [-0.39, 0.29) is 0 Å². The van der Waals surface area contributed by atoms with Gasteiger partial charge in [-0.25, -0.2) is 0 Å². The van der Waals surface area contributed by atoms with Gasteiger partial charge in [-0.1, -0.05) is 12.2 Å². The molecule has 0 aromatic heterocycles. The molecular formula is C5H8NO. The molecule has 0 fully saturated rings. The molecule has 1 aliphatic heterocycles. The summed E-state index contributed by atoms with van der Waals surface area (Å²) in [4.78, 5) is 4.83. The molecule has 0 saturated carbocycles. The molecule has 0 saturated heterocycles. The van der Waals surface area contributed by atoms with Crippen molar-refractivity contribution >= 4 is 0 Å². The number of nitrogens with one attached hydrogen (secondary N) is 1. The van der Waals surface area contributed by atoms with Crippen molar-refractivity contribution in [1.29, 1.82) is 0 Å². The van der Waals surface area contributed by atoms with Crippen LogP contribution in [0.3, 0.4) is 0 Å². The first-order chi connectivity index (χ1) is 3.50. The van der Waals surface area contributed by atoms with Crippen molar-refractivity contribution in [2.45, 2.75) is 6.42 Å². The first-order valence-corrected chi connectivity index (χ1v) is 2.36. The van der Waals surface area contributed by atoms with E-state index in [0.29, 0.717) is 0 Å². The number of hydroxylamine groups is 1. The summed E-state index contributed by atoms with van der Waals surface area (Å²) in [6.45, 7) is 2.54. The largest absolute Gasteiger partial charge is 0.301 e. The van der Waals surface area contributed by atoms with Gasteiger partial charge in [0.1, 0.15) is 0 Å². The molecule has 1 aliphatic rings. The lowest BCUT2D eigenvalue weighted by molar-refractivity contribution is 0.0696. The highest BCUT2D eigenvalue weighted by Crippen LogP contribution is 1.89. The average molecular weight is 98.1 g/mol. The van der Waals surface area contributed by atoms with Gasteiger partial charge in [-0.2, -0.15) is 5.48 Å². The standard InChI is InChI=1S/C5H8NO/c1-2-4-6-7-5-3-1/h1-2,4,6H,3,5H2. The SMILES string of the molecule is [CH]1C=CCCON1. The normalized spacial score (nSPS) is 21.7. The van der Waals surface area contributed by atoms with Crippen molar-refractivity contribution in [2.24, 2.45) is 0 Å². The number of hydrogen-bond acceptors (Lipinski definition) is 2. The van der Waals surface area contributed by atoms with Crippen LogP contribution < -0.4 is 5.48 Å². The average Bonchev–Trinajstić information content (AvgIpc) is 1.90. The highest BCUT2D eigenvalue weighted by Gasteiger charge is 1.86. The molecule has 1 N–H and O–H groups in total. The van der Waals surface area contributed by atoms with E-state index in [1.165, 1.54) is 0 Å². The number of hydrogen-bond donors (Lipinski definition) is 1. The van der Waals surface area contributed by atoms with E-state index in [1.807, 2.05) is 6.08 Å². The summed E-state index contributed by atoms with van der Waals surface area (Å²) >= 11 is 0. The Morgan fingerprint density at radius 1 is 1.57 bits per heavy atom. The smallest absolute Gasteiger partial charge is 0.0716 e. The van der Waals surface area contributed by atoms with Crippen LogP contribution in [0.25, 0.3) is 0 Å². The number of rotatable bonds is 0. The minimum atomic E-state index is 0.771. The molecule has 0 aliphatic carbocycles. The molecular weight excluding hydrogens is 90.1 g/mol. The highest BCUT2D eigenvalue weighted by atomic mass is 16.6. The van der Waals surface area contributed by atoms with Crippen LogP contribution in [0, 0.1) is 6.54 Å². The third-order valence-corrected chi connectivity index (χ3v) is 0.770. The van der Waals surface area contributed by atoms with Crippen molar-refractivity contribution in [3.05, 3.63) is 18.7 Å². The summed E-state index contributed by atoms with van der Waals surface area (Å²) in [6.07, 6.45) is 5.00. The third-order valence-electron chi connectivity index (χ3n) is 0.770. The minimum absolute atomic E-state index is 0.771. The van der Waals surface area contributed by atoms with Crippen molar-refractivity contribution in [3.8, 4) is 0 Å². The fourth-order valence-electron chi connectivity index (χ4n) is 0.438. The van der Waals surface area contributed by atoms with Crippen LogP contribution in [0.5, 0.6) is 0 Å². The second-order valence-corrected chi connectivity index (χ2v) is 1.35. The maximum atomic E-state index is 4.83. The van der Waals surface area contributed by atoms with Gasteiger partial charge in [0, 0.05) is 0 Å². The third kappa shape index (κ3) is 1.71. The van der Waals surface area contributed by atoms with Crippen LogP contribution in [0.1, 0.15) is 6.42 Å². The van der Waals surface area contributed by atoms with Gasteiger partial charge < -0.3 is 4.84 Å². The van der Waals surface area contributed by atoms with Gasteiger partial charge in [-0.05, 0) is 6.42 Å². The highest BCUT2D eigenvalue weighted by molar-refractivity contribution is 4.92. The Morgan fingerprint density at radius 3 is 3.57 bits per heavy atom. The Hall–Kier alpha value is -0.340. The van der Waals surface area contributed by atoms with Crippen LogP contribution in [0.2, 0.25) is 0 Å². The maximum Gasteiger partial charge on any atom is 0.0716 e. The zero-order valence-corrected chi connectivity index (χ0v) is 4.05. The Bertz CT molecular complexity index is 62.5. The molecule has 0 atom stereocenters. The van der Waals surface area contributed by atoms with Gasteiger partial charge in [0.2, 0.25) is 0 Å². The molecule has 2 nitrogen and oxygen atoms in total. The van der Waals surface area contributed by atoms with Crippen LogP contribution in [0.15, 0.2) is 12.2 Å². The summed E-state index contributed by atoms with van der Waals surface area (Å²) in [6, 6.07) is 0. The quantitative estimate of drug-likeness (QED) is 0.479. The van der Waals surface area contributed by atoms with E-state index < -0.39 is 0 Å². The molecule has 1 heterocycles. The van der Waals surface area contributed by atoms with Gasteiger partial charge in [0.05, 0.1) is 13.2 Å². The lowest BCUT2D eigenvalue weighted by atomic mass is 10.4. The van der Waals surface area contributed by atoms with E-state index in [4.69, 9.17) is 4.84 Å². The predicted octanol–water partition coefficient (Wildman–Crippen LogP) is 0.629. The lowest BCUT2D eigenvalue weighted by Crippen LogP contribution is -2.07. The van der Waals surface area contributed by atoms with Crippen molar-refractivity contribution < 1.29 is 4.84 Å². The summed E-state index contributed by atoms with van der Waals surface area (Å²) in [5.41, 5.74) is 2.64. The first kappa shape index (κ1) is 4.81. The van der Waals surface area contributed by atoms with Crippen molar-refractivity contribution in [1.82, 2.24) is 5.48 Å². The summed E-state index contributed by atoms with van der Waals surface area (Å²) in [5, 5.41) is 0. The van der Waals surface area contributed by atoms with Crippen molar-refractivity contribution in [2.75, 3.05) is 6.61 Å². The predicted molar refractivity (Wildman–Crippen MR) is 27.1 cm³/mol. The molecule has 1 radical (unpaired) electrons. The van der Waals surface area contributed by atoms with Crippen LogP contribution in [-0.2, 0) is 4.84 Å². The zero-order valence-electron chi connectivity index (χ0n) is 4.05. The molecule has 0 spiro atoms. The Labute approximate surface area is 43.1 Å². The van der Waals surface area contributed by atoms with Crippen LogP contribution in [-0.4, -0.2) is 6.61 Å². The van der Waals surface area contributed by atoms with Crippen LogP contribution in [0.4, 0.5) is 0 Å².